The topological polar surface area (TPSA) is 115 Å². The summed E-state index contributed by atoms with van der Waals surface area (Å²) in [5.74, 6) is -0.956. The van der Waals surface area contributed by atoms with Crippen LogP contribution in [0.15, 0.2) is 12.3 Å². The molecule has 3 N–H and O–H groups in total. The molecule has 3 atom stereocenters. The van der Waals surface area contributed by atoms with E-state index in [2.05, 4.69) is 32.1 Å². The first-order valence-electron chi connectivity index (χ1n) is 16.2. The summed E-state index contributed by atoms with van der Waals surface area (Å²) in [5, 5.41) is 3.81. The molecule has 0 spiro atoms. The highest BCUT2D eigenvalue weighted by Gasteiger charge is 2.49. The van der Waals surface area contributed by atoms with Crippen LogP contribution in [0.4, 0.5) is 33.6 Å². The second kappa shape index (κ2) is 11.9. The SMILES string of the molecule is CC[C@]1(COC2CC2)CN(c2nc(OC[C@@]34CCCN3C[C@H](F)C4)nc3c(F)c(-c4nc(N)cc(C)c4C(F)(F)F)ncc23)CCN1. The number of rotatable bonds is 9. The molecule has 0 bridgehead atoms. The van der Waals surface area contributed by atoms with E-state index in [1.54, 1.807) is 0 Å². The third-order valence-corrected chi connectivity index (χ3v) is 10.1. The molecule has 7 rings (SSSR count). The second-order valence-corrected chi connectivity index (χ2v) is 13.5. The van der Waals surface area contributed by atoms with E-state index in [1.165, 1.54) is 13.1 Å². The minimum absolute atomic E-state index is 0.0990. The lowest BCUT2D eigenvalue weighted by Gasteiger charge is -2.44. The number of nitrogen functional groups attached to an aromatic ring is 1. The van der Waals surface area contributed by atoms with Crippen LogP contribution in [0.2, 0.25) is 0 Å². The summed E-state index contributed by atoms with van der Waals surface area (Å²) in [6.45, 7) is 6.55. The summed E-state index contributed by atoms with van der Waals surface area (Å²) in [5.41, 5.74) is 1.96. The van der Waals surface area contributed by atoms with Gasteiger partial charge in [-0.3, -0.25) is 9.88 Å². The van der Waals surface area contributed by atoms with E-state index in [1.807, 2.05) is 4.90 Å². The summed E-state index contributed by atoms with van der Waals surface area (Å²) < 4.78 is 86.0. The first-order valence-corrected chi connectivity index (χ1v) is 16.2. The van der Waals surface area contributed by atoms with Gasteiger partial charge in [-0.15, -0.1) is 0 Å². The van der Waals surface area contributed by atoms with Crippen molar-refractivity contribution in [2.45, 2.75) is 81.9 Å². The van der Waals surface area contributed by atoms with Crippen LogP contribution >= 0.6 is 0 Å². The Labute approximate surface area is 269 Å². The maximum absolute atomic E-state index is 16.6. The maximum atomic E-state index is 16.6. The van der Waals surface area contributed by atoms with E-state index in [-0.39, 0.29) is 41.0 Å². The molecule has 0 unspecified atom stereocenters. The van der Waals surface area contributed by atoms with E-state index < -0.39 is 46.2 Å². The lowest BCUT2D eigenvalue weighted by Crippen LogP contribution is -2.63. The van der Waals surface area contributed by atoms with Crippen LogP contribution in [0.25, 0.3) is 22.3 Å². The van der Waals surface area contributed by atoms with E-state index in [4.69, 9.17) is 20.2 Å². The predicted octanol–water partition coefficient (Wildman–Crippen LogP) is 4.83. The van der Waals surface area contributed by atoms with Crippen LogP contribution < -0.4 is 20.7 Å². The Morgan fingerprint density at radius 3 is 2.68 bits per heavy atom. The number of pyridine rings is 2. The highest BCUT2D eigenvalue weighted by atomic mass is 19.4. The van der Waals surface area contributed by atoms with Crippen molar-refractivity contribution in [3.63, 3.8) is 0 Å². The van der Waals surface area contributed by atoms with Crippen molar-refractivity contribution in [2.75, 3.05) is 56.6 Å². The van der Waals surface area contributed by atoms with Crippen LogP contribution in [-0.2, 0) is 10.9 Å². The fourth-order valence-electron chi connectivity index (χ4n) is 7.45. The lowest BCUT2D eigenvalue weighted by atomic mass is 9.94. The van der Waals surface area contributed by atoms with Gasteiger partial charge in [0.25, 0.3) is 0 Å². The Bertz CT molecular complexity index is 1670. The third kappa shape index (κ3) is 6.06. The van der Waals surface area contributed by atoms with Gasteiger partial charge in [0, 0.05) is 38.8 Å². The quantitative estimate of drug-likeness (QED) is 0.309. The summed E-state index contributed by atoms with van der Waals surface area (Å²) in [6.07, 6.45) is 0.505. The van der Waals surface area contributed by atoms with Crippen molar-refractivity contribution in [3.8, 4) is 17.4 Å². The van der Waals surface area contributed by atoms with Crippen LogP contribution in [-0.4, -0.2) is 94.1 Å². The van der Waals surface area contributed by atoms with Crippen LogP contribution in [0, 0.1) is 12.7 Å². The molecule has 3 aromatic rings. The van der Waals surface area contributed by atoms with Crippen LogP contribution in [0.1, 0.15) is 56.6 Å². The van der Waals surface area contributed by atoms with Gasteiger partial charge in [-0.2, -0.15) is 23.1 Å². The van der Waals surface area contributed by atoms with Gasteiger partial charge >= 0.3 is 12.2 Å². The second-order valence-electron chi connectivity index (χ2n) is 13.5. The Hall–Kier alpha value is -3.43. The first-order chi connectivity index (χ1) is 22.4. The number of fused-ring (bicyclic) bond motifs is 2. The zero-order chi connectivity index (χ0) is 33.1. The number of aromatic nitrogens is 4. The number of aryl methyl sites for hydroxylation is 1. The number of nitrogens with two attached hydrogens (primary N) is 1. The molecule has 4 aliphatic rings. The Morgan fingerprint density at radius 1 is 1.13 bits per heavy atom. The summed E-state index contributed by atoms with van der Waals surface area (Å²) in [6, 6.07) is 0.945. The number of hydrogen-bond acceptors (Lipinski definition) is 10. The summed E-state index contributed by atoms with van der Waals surface area (Å²) in [7, 11) is 0. The normalized spacial score (nSPS) is 26.7. The molecule has 4 fully saturated rings. The molecule has 0 radical (unpaired) electrons. The van der Waals surface area contributed by atoms with Gasteiger partial charge in [-0.05, 0) is 57.2 Å². The number of piperazine rings is 1. The summed E-state index contributed by atoms with van der Waals surface area (Å²) >= 11 is 0. The molecular formula is C32H39F5N8O2. The molecule has 0 amide bonds. The Kier molecular flexibility index (Phi) is 8.15. The molecule has 3 aromatic heterocycles. The molecule has 3 aliphatic heterocycles. The third-order valence-electron chi connectivity index (χ3n) is 10.1. The molecule has 15 heteroatoms. The zero-order valence-electron chi connectivity index (χ0n) is 26.5. The average Bonchev–Trinajstić information content (AvgIpc) is 3.70. The van der Waals surface area contributed by atoms with Gasteiger partial charge in [0.1, 0.15) is 41.3 Å². The van der Waals surface area contributed by atoms with E-state index in [0.29, 0.717) is 45.0 Å². The van der Waals surface area contributed by atoms with Gasteiger partial charge < -0.3 is 25.4 Å². The molecule has 10 nitrogen and oxygen atoms in total. The number of nitrogens with zero attached hydrogens (tertiary/aromatic N) is 6. The number of nitrogens with one attached hydrogen (secondary N) is 1. The van der Waals surface area contributed by atoms with Crippen molar-refractivity contribution in [2.24, 2.45) is 0 Å². The number of ether oxygens (including phenoxy) is 2. The van der Waals surface area contributed by atoms with Crippen molar-refractivity contribution in [3.05, 3.63) is 29.2 Å². The molecule has 47 heavy (non-hydrogen) atoms. The van der Waals surface area contributed by atoms with Gasteiger partial charge in [0.15, 0.2) is 5.82 Å². The van der Waals surface area contributed by atoms with Gasteiger partial charge in [0.2, 0.25) is 0 Å². The monoisotopic (exact) mass is 662 g/mol. The fraction of sp³-hybridized carbons (Fsp3) is 0.625. The molecule has 1 saturated carbocycles. The van der Waals surface area contributed by atoms with Gasteiger partial charge in [0.05, 0.1) is 34.7 Å². The maximum Gasteiger partial charge on any atom is 0.418 e. The van der Waals surface area contributed by atoms with Crippen LogP contribution in [0.5, 0.6) is 6.01 Å². The first kappa shape index (κ1) is 32.1. The molecule has 1 aliphatic carbocycles. The lowest BCUT2D eigenvalue weighted by molar-refractivity contribution is -0.137. The van der Waals surface area contributed by atoms with Crippen molar-refractivity contribution in [1.29, 1.82) is 0 Å². The van der Waals surface area contributed by atoms with Gasteiger partial charge in [-0.25, -0.2) is 13.8 Å². The number of hydrogen-bond donors (Lipinski definition) is 2. The highest BCUT2D eigenvalue weighted by Crippen LogP contribution is 2.42. The van der Waals surface area contributed by atoms with E-state index in [9.17, 15) is 17.6 Å². The van der Waals surface area contributed by atoms with Crippen molar-refractivity contribution >= 4 is 22.5 Å². The minimum atomic E-state index is -4.84. The average molecular weight is 663 g/mol. The predicted molar refractivity (Wildman–Crippen MR) is 165 cm³/mol. The van der Waals surface area contributed by atoms with E-state index in [0.717, 1.165) is 44.7 Å². The molecular weight excluding hydrogens is 623 g/mol. The van der Waals surface area contributed by atoms with Gasteiger partial charge in [-0.1, -0.05) is 6.92 Å². The van der Waals surface area contributed by atoms with Crippen molar-refractivity contribution in [1.82, 2.24) is 30.2 Å². The van der Waals surface area contributed by atoms with Crippen LogP contribution in [0.3, 0.4) is 0 Å². The fourth-order valence-corrected chi connectivity index (χ4v) is 7.45. The minimum Gasteiger partial charge on any atom is -0.461 e. The zero-order valence-corrected chi connectivity index (χ0v) is 26.5. The highest BCUT2D eigenvalue weighted by molar-refractivity contribution is 5.92. The number of anilines is 2. The molecule has 3 saturated heterocycles. The smallest absolute Gasteiger partial charge is 0.418 e. The molecule has 254 valence electrons. The van der Waals surface area contributed by atoms with E-state index >= 15 is 4.39 Å². The Balaban J connectivity index is 1.32. The molecule has 0 aromatic carbocycles. The largest absolute Gasteiger partial charge is 0.461 e. The van der Waals surface area contributed by atoms with Crippen molar-refractivity contribution < 1.29 is 31.4 Å². The number of alkyl halides is 4. The number of halogens is 5. The summed E-state index contributed by atoms with van der Waals surface area (Å²) in [4.78, 5) is 21.3. The molecule has 6 heterocycles. The Morgan fingerprint density at radius 2 is 1.94 bits per heavy atom. The standard InChI is InChI=1S/C32H39F5N8O2/c1-3-30(16-46-20-5-6-20)15-44(10-8-40-30)28-21-13-39-27(26-23(32(35,36)37)18(2)11-22(38)41-26)24(34)25(21)42-29(43-28)47-17-31-7-4-9-45(31)14-19(33)12-31/h11,13,19-20,40H,3-10,12,14-17H2,1-2H3,(H2,38,41)/t19-,30-,31+/m1/s1.